The first-order valence-corrected chi connectivity index (χ1v) is 7.74. The third kappa shape index (κ3) is 3.54. The summed E-state index contributed by atoms with van der Waals surface area (Å²) in [6.45, 7) is 2.01. The van der Waals surface area contributed by atoms with Crippen molar-refractivity contribution in [2.75, 3.05) is 23.3 Å². The zero-order valence-electron chi connectivity index (χ0n) is 12.1. The highest BCUT2D eigenvalue weighted by Crippen LogP contribution is 2.18. The van der Waals surface area contributed by atoms with E-state index in [-0.39, 0.29) is 5.91 Å². The van der Waals surface area contributed by atoms with E-state index in [9.17, 15) is 4.79 Å². The van der Waals surface area contributed by atoms with Crippen molar-refractivity contribution in [3.63, 3.8) is 0 Å². The molecule has 22 heavy (non-hydrogen) atoms. The van der Waals surface area contributed by atoms with E-state index >= 15 is 0 Å². The lowest BCUT2D eigenvalue weighted by Crippen LogP contribution is -2.30. The van der Waals surface area contributed by atoms with Crippen molar-refractivity contribution in [2.45, 2.75) is 19.3 Å². The number of carbonyl (C=O) groups is 1. The molecule has 1 amide bonds. The van der Waals surface area contributed by atoms with Crippen LogP contribution in [0.4, 0.5) is 11.5 Å². The Balaban J connectivity index is 1.68. The molecule has 114 valence electrons. The molecule has 1 aliphatic rings. The van der Waals surface area contributed by atoms with Crippen LogP contribution >= 0.6 is 11.6 Å². The molecular formula is C16H17ClN4O. The second-order valence-electron chi connectivity index (χ2n) is 5.27. The quantitative estimate of drug-likeness (QED) is 0.943. The van der Waals surface area contributed by atoms with Gasteiger partial charge in [-0.1, -0.05) is 17.7 Å². The molecule has 1 aliphatic heterocycles. The molecule has 0 radical (unpaired) electrons. The molecule has 0 aliphatic carbocycles. The number of nitrogens with one attached hydrogen (secondary N) is 1. The zero-order valence-corrected chi connectivity index (χ0v) is 12.9. The number of halogens is 1. The van der Waals surface area contributed by atoms with E-state index in [1.165, 1.54) is 25.5 Å². The summed E-state index contributed by atoms with van der Waals surface area (Å²) in [5, 5.41) is 3.33. The maximum atomic E-state index is 12.1. The van der Waals surface area contributed by atoms with Crippen LogP contribution in [0.3, 0.4) is 0 Å². The Bertz CT molecular complexity index is 653. The Morgan fingerprint density at radius 3 is 2.64 bits per heavy atom. The Morgan fingerprint density at radius 2 is 1.95 bits per heavy atom. The topological polar surface area (TPSA) is 58.1 Å². The maximum Gasteiger partial charge on any atom is 0.275 e. The number of hydrogen-bond donors (Lipinski definition) is 1. The normalized spacial score (nSPS) is 14.7. The standard InChI is InChI=1S/C16H17ClN4O/c17-12-5-4-6-13(9-12)20-16(22)14-10-19-15(11-18-14)21-7-2-1-3-8-21/h4-6,9-11H,1-3,7-8H2,(H,20,22). The third-order valence-electron chi connectivity index (χ3n) is 3.63. The first kappa shape index (κ1) is 14.8. The highest BCUT2D eigenvalue weighted by atomic mass is 35.5. The molecule has 1 N–H and O–H groups in total. The fraction of sp³-hybridized carbons (Fsp3) is 0.312. The number of carbonyl (C=O) groups excluding carboxylic acids is 1. The first-order valence-electron chi connectivity index (χ1n) is 7.36. The summed E-state index contributed by atoms with van der Waals surface area (Å²) in [4.78, 5) is 22.9. The van der Waals surface area contributed by atoms with Gasteiger partial charge < -0.3 is 10.2 Å². The van der Waals surface area contributed by atoms with Crippen molar-refractivity contribution < 1.29 is 4.79 Å². The summed E-state index contributed by atoms with van der Waals surface area (Å²) < 4.78 is 0. The van der Waals surface area contributed by atoms with Crippen molar-refractivity contribution in [2.24, 2.45) is 0 Å². The molecule has 0 atom stereocenters. The van der Waals surface area contributed by atoms with Crippen LogP contribution in [0.2, 0.25) is 5.02 Å². The molecule has 1 fully saturated rings. The van der Waals surface area contributed by atoms with Crippen LogP contribution < -0.4 is 10.2 Å². The molecule has 0 saturated carbocycles. The van der Waals surface area contributed by atoms with Crippen molar-refractivity contribution >= 4 is 29.0 Å². The van der Waals surface area contributed by atoms with Crippen LogP contribution in [-0.2, 0) is 0 Å². The lowest BCUT2D eigenvalue weighted by molar-refractivity contribution is 0.102. The number of amides is 1. The second-order valence-corrected chi connectivity index (χ2v) is 5.71. The molecule has 2 heterocycles. The number of hydrogen-bond acceptors (Lipinski definition) is 4. The Morgan fingerprint density at radius 1 is 1.14 bits per heavy atom. The minimum Gasteiger partial charge on any atom is -0.355 e. The average Bonchev–Trinajstić information content (AvgIpc) is 2.56. The van der Waals surface area contributed by atoms with Crippen LogP contribution in [-0.4, -0.2) is 29.0 Å². The van der Waals surface area contributed by atoms with Gasteiger partial charge in [-0.05, 0) is 37.5 Å². The molecule has 1 saturated heterocycles. The van der Waals surface area contributed by atoms with Crippen molar-refractivity contribution in [3.05, 3.63) is 47.4 Å². The third-order valence-corrected chi connectivity index (χ3v) is 3.87. The van der Waals surface area contributed by atoms with E-state index in [1.807, 2.05) is 0 Å². The monoisotopic (exact) mass is 316 g/mol. The van der Waals surface area contributed by atoms with Crippen molar-refractivity contribution in [1.29, 1.82) is 0 Å². The number of anilines is 2. The van der Waals surface area contributed by atoms with Crippen LogP contribution in [0.15, 0.2) is 36.7 Å². The van der Waals surface area contributed by atoms with E-state index in [0.717, 1.165) is 18.9 Å². The van der Waals surface area contributed by atoms with Crippen molar-refractivity contribution in [1.82, 2.24) is 9.97 Å². The van der Waals surface area contributed by atoms with E-state index in [0.29, 0.717) is 16.4 Å². The van der Waals surface area contributed by atoms with Gasteiger partial charge in [0.15, 0.2) is 0 Å². The smallest absolute Gasteiger partial charge is 0.275 e. The number of aromatic nitrogens is 2. The molecule has 1 aromatic carbocycles. The minimum atomic E-state index is -0.292. The number of benzene rings is 1. The van der Waals surface area contributed by atoms with E-state index in [4.69, 9.17) is 11.6 Å². The summed E-state index contributed by atoms with van der Waals surface area (Å²) in [5.41, 5.74) is 0.931. The van der Waals surface area contributed by atoms with E-state index in [2.05, 4.69) is 20.2 Å². The summed E-state index contributed by atoms with van der Waals surface area (Å²) in [7, 11) is 0. The van der Waals surface area contributed by atoms with Gasteiger partial charge in [0.05, 0.1) is 12.4 Å². The highest BCUT2D eigenvalue weighted by molar-refractivity contribution is 6.30. The molecule has 3 rings (SSSR count). The lowest BCUT2D eigenvalue weighted by atomic mass is 10.1. The minimum absolute atomic E-state index is 0.292. The second kappa shape index (κ2) is 6.75. The van der Waals surface area contributed by atoms with Gasteiger partial charge in [-0.25, -0.2) is 9.97 Å². The lowest BCUT2D eigenvalue weighted by Gasteiger charge is -2.27. The Kier molecular flexibility index (Phi) is 4.53. The highest BCUT2D eigenvalue weighted by Gasteiger charge is 2.14. The van der Waals surface area contributed by atoms with Crippen LogP contribution in [0, 0.1) is 0 Å². The van der Waals surface area contributed by atoms with Gasteiger partial charge in [0.2, 0.25) is 0 Å². The van der Waals surface area contributed by atoms with Crippen molar-refractivity contribution in [3.8, 4) is 0 Å². The maximum absolute atomic E-state index is 12.1. The van der Waals surface area contributed by atoms with Gasteiger partial charge in [0.1, 0.15) is 11.5 Å². The van der Waals surface area contributed by atoms with Gasteiger partial charge in [-0.2, -0.15) is 0 Å². The molecule has 5 nitrogen and oxygen atoms in total. The predicted molar refractivity (Wildman–Crippen MR) is 87.5 cm³/mol. The Hall–Kier alpha value is -2.14. The molecule has 0 unspecified atom stereocenters. The number of nitrogens with zero attached hydrogens (tertiary/aromatic N) is 3. The summed E-state index contributed by atoms with van der Waals surface area (Å²) in [6, 6.07) is 7.00. The SMILES string of the molecule is O=C(Nc1cccc(Cl)c1)c1cnc(N2CCCCC2)cn1. The first-order chi connectivity index (χ1) is 10.7. The van der Waals surface area contributed by atoms with Gasteiger partial charge in [0.25, 0.3) is 5.91 Å². The van der Waals surface area contributed by atoms with Crippen LogP contribution in [0.25, 0.3) is 0 Å². The number of rotatable bonds is 3. The summed E-state index contributed by atoms with van der Waals surface area (Å²) in [5.74, 6) is 0.541. The largest absolute Gasteiger partial charge is 0.355 e. The Labute approximate surface area is 134 Å². The summed E-state index contributed by atoms with van der Waals surface area (Å²) in [6.07, 6.45) is 6.81. The molecule has 0 spiro atoms. The predicted octanol–water partition coefficient (Wildman–Crippen LogP) is 3.37. The molecule has 2 aromatic rings. The zero-order chi connectivity index (χ0) is 15.4. The molecule has 1 aromatic heterocycles. The summed E-state index contributed by atoms with van der Waals surface area (Å²) >= 11 is 5.90. The van der Waals surface area contributed by atoms with Gasteiger partial charge in [-0.15, -0.1) is 0 Å². The van der Waals surface area contributed by atoms with Gasteiger partial charge >= 0.3 is 0 Å². The van der Waals surface area contributed by atoms with Crippen LogP contribution in [0.5, 0.6) is 0 Å². The molecule has 0 bridgehead atoms. The van der Waals surface area contributed by atoms with Crippen LogP contribution in [0.1, 0.15) is 29.8 Å². The molecule has 6 heteroatoms. The van der Waals surface area contributed by atoms with Gasteiger partial charge in [-0.3, -0.25) is 4.79 Å². The fourth-order valence-corrected chi connectivity index (χ4v) is 2.68. The molecular weight excluding hydrogens is 300 g/mol. The van der Waals surface area contributed by atoms with E-state index in [1.54, 1.807) is 30.5 Å². The van der Waals surface area contributed by atoms with Gasteiger partial charge in [0, 0.05) is 23.8 Å². The van der Waals surface area contributed by atoms with E-state index < -0.39 is 0 Å². The fourth-order valence-electron chi connectivity index (χ4n) is 2.49. The number of piperidine rings is 1. The average molecular weight is 317 g/mol.